The molecule has 0 fully saturated rings. The van der Waals surface area contributed by atoms with Crippen LogP contribution in [0, 0.1) is 0 Å². The van der Waals surface area contributed by atoms with Crippen LogP contribution in [0.3, 0.4) is 0 Å². The molecule has 0 radical (unpaired) electrons. The molecule has 0 saturated carbocycles. The average molecular weight is 1550 g/mol. The maximum Gasteiger partial charge on any atom is 0.472 e. The smallest absolute Gasteiger partial charge is 0.462 e. The summed E-state index contributed by atoms with van der Waals surface area (Å²) in [6, 6.07) is 0. The van der Waals surface area contributed by atoms with E-state index in [1.54, 1.807) is 0 Å². The highest BCUT2D eigenvalue weighted by molar-refractivity contribution is 7.47. The Bertz CT molecular complexity index is 2610. The minimum Gasteiger partial charge on any atom is -0.462 e. The Hall–Kier alpha value is -5.06. The molecule has 0 aliphatic heterocycles. The van der Waals surface area contributed by atoms with Gasteiger partial charge in [-0.2, -0.15) is 0 Å². The zero-order valence-electron chi connectivity index (χ0n) is 67.7. The van der Waals surface area contributed by atoms with Crippen molar-refractivity contribution in [3.05, 3.63) is 146 Å². The first-order valence-electron chi connectivity index (χ1n) is 42.1. The fourth-order valence-corrected chi connectivity index (χ4v) is 12.5. The Morgan fingerprint density at radius 2 is 0.500 bits per heavy atom. The van der Waals surface area contributed by atoms with Gasteiger partial charge >= 0.3 is 39.5 Å². The van der Waals surface area contributed by atoms with Gasteiger partial charge in [0.25, 0.3) is 0 Å². The molecule has 0 aromatic carbocycles. The Labute approximate surface area is 656 Å². The summed E-state index contributed by atoms with van der Waals surface area (Å²) >= 11 is 0. The van der Waals surface area contributed by atoms with Gasteiger partial charge in [-0.1, -0.05) is 315 Å². The van der Waals surface area contributed by atoms with E-state index in [-0.39, 0.29) is 25.7 Å². The topological polar surface area (TPSA) is 237 Å². The predicted molar refractivity (Wildman–Crippen MR) is 445 cm³/mol. The van der Waals surface area contributed by atoms with Crippen LogP contribution in [0.15, 0.2) is 146 Å². The first-order valence-corrected chi connectivity index (χ1v) is 45.1. The number of esters is 4. The Morgan fingerprint density at radius 1 is 0.269 bits per heavy atom. The van der Waals surface area contributed by atoms with Crippen molar-refractivity contribution >= 4 is 39.5 Å². The molecule has 108 heavy (non-hydrogen) atoms. The molecular weight excluding hydrogens is 1400 g/mol. The van der Waals surface area contributed by atoms with Crippen LogP contribution in [0.25, 0.3) is 0 Å². The Morgan fingerprint density at radius 3 is 0.824 bits per heavy atom. The molecule has 2 unspecified atom stereocenters. The zero-order valence-corrected chi connectivity index (χ0v) is 69.5. The molecule has 3 N–H and O–H groups in total. The molecule has 0 aliphatic rings. The number of allylic oxidation sites excluding steroid dienone is 24. The predicted octanol–water partition coefficient (Wildman–Crippen LogP) is 25.0. The van der Waals surface area contributed by atoms with Gasteiger partial charge in [0.2, 0.25) is 0 Å². The van der Waals surface area contributed by atoms with E-state index in [1.165, 1.54) is 103 Å². The largest absolute Gasteiger partial charge is 0.472 e. The van der Waals surface area contributed by atoms with Crippen LogP contribution in [-0.4, -0.2) is 96.7 Å². The molecule has 0 aromatic rings. The maximum atomic E-state index is 13.1. The highest BCUT2D eigenvalue weighted by Crippen LogP contribution is 2.45. The van der Waals surface area contributed by atoms with E-state index in [2.05, 4.69) is 155 Å². The number of hydrogen-bond donors (Lipinski definition) is 3. The van der Waals surface area contributed by atoms with Gasteiger partial charge in [0, 0.05) is 25.7 Å². The molecule has 618 valence electrons. The standard InChI is InChI=1S/C89H150O17P2/c1-5-9-13-17-21-25-29-33-37-39-41-43-47-51-55-59-63-67-71-75-88(93)105-84(79-99-86(91)73-69-65-61-57-53-49-45-35-31-27-23-19-15-11-7-3)81-103-107(95,96)101-77-83(90)78-102-108(97,98)104-82-85(80-100-87(92)74-70-66-62-58-54-50-46-36-32-28-24-20-16-12-8-4)106-89(94)76-72-68-64-60-56-52-48-44-42-40-38-34-30-26-22-18-14-10-6-2/h9,13,21-23,25-27,33-35,37-38,41-45,51-52,55-56,64,68,83-85,90H,5-8,10-12,14-20,24,28-32,36,39-40,46-50,53-54,57-63,65-67,69-82H2,1-4H3,(H,95,96)(H,97,98)/b13-9-,25-21-,26-22-,27-23-,37-33-,38-34-,43-41-,44-42-,45-35-,55-51-,56-52-,68-64-/t83-,84-,85-/m1/s1. The molecule has 5 atom stereocenters. The number of aliphatic hydroxyl groups excluding tert-OH is 1. The number of carbonyl (C=O) groups excluding carboxylic acids is 4. The molecule has 0 aromatic heterocycles. The van der Waals surface area contributed by atoms with E-state index >= 15 is 0 Å². The number of phosphoric ester groups is 2. The van der Waals surface area contributed by atoms with E-state index < -0.39 is 97.5 Å². The highest BCUT2D eigenvalue weighted by atomic mass is 31.2. The van der Waals surface area contributed by atoms with E-state index in [0.717, 1.165) is 148 Å². The molecule has 0 spiro atoms. The fourth-order valence-electron chi connectivity index (χ4n) is 10.9. The minimum absolute atomic E-state index is 0.0308. The number of hydrogen-bond acceptors (Lipinski definition) is 15. The van der Waals surface area contributed by atoms with Gasteiger partial charge in [0.05, 0.1) is 26.4 Å². The quantitative estimate of drug-likeness (QED) is 0.0169. The number of ether oxygens (including phenoxy) is 4. The lowest BCUT2D eigenvalue weighted by atomic mass is 10.0. The molecule has 0 saturated heterocycles. The minimum atomic E-state index is -5.01. The van der Waals surface area contributed by atoms with E-state index in [1.807, 2.05) is 18.2 Å². The van der Waals surface area contributed by atoms with Crippen LogP contribution >= 0.6 is 15.6 Å². The van der Waals surface area contributed by atoms with Crippen LogP contribution in [0.2, 0.25) is 0 Å². The number of carbonyl (C=O) groups is 4. The summed E-state index contributed by atoms with van der Waals surface area (Å²) in [6.45, 7) is 4.60. The van der Waals surface area contributed by atoms with Gasteiger partial charge in [0.15, 0.2) is 12.2 Å². The lowest BCUT2D eigenvalue weighted by Gasteiger charge is -2.21. The van der Waals surface area contributed by atoms with Crippen molar-refractivity contribution < 1.29 is 80.2 Å². The van der Waals surface area contributed by atoms with E-state index in [9.17, 15) is 43.2 Å². The van der Waals surface area contributed by atoms with Gasteiger partial charge in [-0.25, -0.2) is 9.13 Å². The summed E-state index contributed by atoms with van der Waals surface area (Å²) in [5.41, 5.74) is 0. The number of rotatable bonds is 78. The molecule has 19 heteroatoms. The van der Waals surface area contributed by atoms with Crippen LogP contribution in [0.4, 0.5) is 0 Å². The lowest BCUT2D eigenvalue weighted by Crippen LogP contribution is -2.30. The van der Waals surface area contributed by atoms with Crippen molar-refractivity contribution in [3.63, 3.8) is 0 Å². The molecular formula is C89H150O17P2. The third-order valence-corrected chi connectivity index (χ3v) is 19.2. The SMILES string of the molecule is CC/C=C\C/C=C\C/C=C\C/C=C\C/C=C\CCCCCC(=O)O[C@H](COC(=O)CCCCCCC/C=C\C/C=C\CCCCC)COP(=O)(O)OC[C@@H](O)COP(=O)(O)OC[C@@H](COC(=O)CCCCCCCCCCCCCCCCC)OC(=O)CC/C=C\C/C=C\C/C=C\C/C=C\C/C=C\CCCCC. The van der Waals surface area contributed by atoms with Gasteiger partial charge in [-0.3, -0.25) is 37.3 Å². The summed E-state index contributed by atoms with van der Waals surface area (Å²) < 4.78 is 68.6. The normalized spacial score (nSPS) is 14.5. The van der Waals surface area contributed by atoms with Crippen LogP contribution < -0.4 is 0 Å². The van der Waals surface area contributed by atoms with Crippen molar-refractivity contribution in [2.75, 3.05) is 39.6 Å². The summed E-state index contributed by atoms with van der Waals surface area (Å²) in [5, 5.41) is 10.7. The lowest BCUT2D eigenvalue weighted by molar-refractivity contribution is -0.161. The van der Waals surface area contributed by atoms with Crippen LogP contribution in [-0.2, 0) is 65.4 Å². The third-order valence-electron chi connectivity index (χ3n) is 17.3. The van der Waals surface area contributed by atoms with Crippen LogP contribution in [0.5, 0.6) is 0 Å². The van der Waals surface area contributed by atoms with Crippen molar-refractivity contribution in [1.29, 1.82) is 0 Å². The van der Waals surface area contributed by atoms with E-state index in [4.69, 9.17) is 37.0 Å². The summed E-state index contributed by atoms with van der Waals surface area (Å²) in [7, 11) is -10.0. The van der Waals surface area contributed by atoms with Gasteiger partial charge in [0.1, 0.15) is 19.3 Å². The van der Waals surface area contributed by atoms with Crippen LogP contribution in [0.1, 0.15) is 336 Å². The zero-order chi connectivity index (χ0) is 78.9. The Balaban J connectivity index is 5.49. The molecule has 0 amide bonds. The highest BCUT2D eigenvalue weighted by Gasteiger charge is 2.30. The summed E-state index contributed by atoms with van der Waals surface area (Å²) in [4.78, 5) is 73.2. The number of aliphatic hydroxyl groups is 1. The van der Waals surface area contributed by atoms with Crippen molar-refractivity contribution in [3.8, 4) is 0 Å². The second-order valence-electron chi connectivity index (χ2n) is 27.7. The number of phosphoric acid groups is 2. The van der Waals surface area contributed by atoms with Crippen molar-refractivity contribution in [2.24, 2.45) is 0 Å². The fraction of sp³-hybridized carbons (Fsp3) is 0.685. The number of unbranched alkanes of at least 4 members (excludes halogenated alkanes) is 28. The molecule has 0 bridgehead atoms. The molecule has 17 nitrogen and oxygen atoms in total. The summed E-state index contributed by atoms with van der Waals surface area (Å²) in [5.74, 6) is -2.32. The van der Waals surface area contributed by atoms with Gasteiger partial charge in [-0.05, 0) is 141 Å². The van der Waals surface area contributed by atoms with Gasteiger partial charge in [-0.15, -0.1) is 0 Å². The summed E-state index contributed by atoms with van der Waals surface area (Å²) in [6.07, 6.45) is 92.6. The Kier molecular flexibility index (Phi) is 76.3. The molecule has 0 aliphatic carbocycles. The second kappa shape index (κ2) is 80.0. The van der Waals surface area contributed by atoms with Crippen molar-refractivity contribution in [1.82, 2.24) is 0 Å². The monoisotopic (exact) mass is 1550 g/mol. The second-order valence-corrected chi connectivity index (χ2v) is 30.6. The first-order chi connectivity index (χ1) is 52.7. The van der Waals surface area contributed by atoms with Gasteiger partial charge < -0.3 is 33.8 Å². The first kappa shape index (κ1) is 103. The van der Waals surface area contributed by atoms with E-state index in [0.29, 0.717) is 32.1 Å². The molecule has 0 heterocycles. The third kappa shape index (κ3) is 79.0. The van der Waals surface area contributed by atoms with Crippen molar-refractivity contribution in [2.45, 2.75) is 354 Å². The molecule has 0 rings (SSSR count). The maximum absolute atomic E-state index is 13.1. The average Bonchev–Trinajstić information content (AvgIpc) is 0.907.